The molecule has 0 saturated heterocycles. The summed E-state index contributed by atoms with van der Waals surface area (Å²) < 4.78 is 1.86. The van der Waals surface area contributed by atoms with E-state index in [1.165, 1.54) is 23.4 Å². The van der Waals surface area contributed by atoms with E-state index in [-0.39, 0.29) is 28.5 Å². The summed E-state index contributed by atoms with van der Waals surface area (Å²) in [4.78, 5) is 25.5. The second kappa shape index (κ2) is 12.9. The van der Waals surface area contributed by atoms with Crippen molar-refractivity contribution in [1.29, 1.82) is 0 Å². The van der Waals surface area contributed by atoms with E-state index in [1.54, 1.807) is 18.2 Å². The third-order valence-electron chi connectivity index (χ3n) is 5.44. The number of thioether (sulfide) groups is 1. The third-order valence-corrected chi connectivity index (χ3v) is 6.96. The van der Waals surface area contributed by atoms with Crippen LogP contribution in [0.5, 0.6) is 0 Å². The monoisotopic (exact) mass is 545 g/mol. The first-order valence-corrected chi connectivity index (χ1v) is 13.3. The number of aryl methyl sites for hydroxylation is 1. The van der Waals surface area contributed by atoms with Crippen LogP contribution in [0.25, 0.3) is 0 Å². The standard InChI is InChI=1S/C26H29Cl2N5O2S/c1-5-13-33-24(23(16(3)4)30-25(35)20-12-9-18(27)14-21(20)28)31-32-26(33)36-15-22(34)29-19-10-7-17(6-2)8-11-19/h5,7-12,14,16,23H,1,6,13,15H2,2-4H3,(H,29,34)(H,30,35)/t23-/m1/s1. The first-order valence-electron chi connectivity index (χ1n) is 11.5. The van der Waals surface area contributed by atoms with Crippen LogP contribution in [0.15, 0.2) is 60.3 Å². The molecule has 3 rings (SSSR count). The Morgan fingerprint density at radius 1 is 1.14 bits per heavy atom. The number of hydrogen-bond acceptors (Lipinski definition) is 5. The highest BCUT2D eigenvalue weighted by Crippen LogP contribution is 2.27. The molecule has 2 N–H and O–H groups in total. The average Bonchev–Trinajstić information content (AvgIpc) is 3.23. The molecule has 3 aromatic rings. The van der Waals surface area contributed by atoms with Crippen LogP contribution in [0.4, 0.5) is 5.69 Å². The van der Waals surface area contributed by atoms with Crippen molar-refractivity contribution in [2.75, 3.05) is 11.1 Å². The van der Waals surface area contributed by atoms with E-state index in [4.69, 9.17) is 23.2 Å². The Bertz CT molecular complexity index is 1230. The first kappa shape index (κ1) is 27.8. The summed E-state index contributed by atoms with van der Waals surface area (Å²) in [5, 5.41) is 15.9. The van der Waals surface area contributed by atoms with Crippen LogP contribution in [0.3, 0.4) is 0 Å². The van der Waals surface area contributed by atoms with Gasteiger partial charge in [-0.3, -0.25) is 9.59 Å². The molecule has 0 radical (unpaired) electrons. The minimum atomic E-state index is -0.447. The van der Waals surface area contributed by atoms with Crippen molar-refractivity contribution in [1.82, 2.24) is 20.1 Å². The zero-order chi connectivity index (χ0) is 26.2. The lowest BCUT2D eigenvalue weighted by Gasteiger charge is -2.23. The molecule has 0 unspecified atom stereocenters. The van der Waals surface area contributed by atoms with E-state index in [9.17, 15) is 9.59 Å². The van der Waals surface area contributed by atoms with E-state index in [2.05, 4.69) is 34.3 Å². The fraction of sp³-hybridized carbons (Fsp3) is 0.308. The minimum absolute atomic E-state index is 0.0000297. The summed E-state index contributed by atoms with van der Waals surface area (Å²) in [5.41, 5.74) is 2.27. The Labute approximate surface area is 225 Å². The summed E-state index contributed by atoms with van der Waals surface area (Å²) >= 11 is 13.5. The molecular formula is C26H29Cl2N5O2S. The number of allylic oxidation sites excluding steroid dienone is 1. The number of amides is 2. The normalized spacial score (nSPS) is 11.8. The molecule has 36 heavy (non-hydrogen) atoms. The van der Waals surface area contributed by atoms with Crippen molar-refractivity contribution in [3.63, 3.8) is 0 Å². The van der Waals surface area contributed by atoms with Crippen molar-refractivity contribution < 1.29 is 9.59 Å². The Morgan fingerprint density at radius 3 is 2.47 bits per heavy atom. The Kier molecular flexibility index (Phi) is 9.98. The van der Waals surface area contributed by atoms with Crippen LogP contribution in [0.2, 0.25) is 10.0 Å². The SMILES string of the molecule is C=CCn1c(SCC(=O)Nc2ccc(CC)cc2)nnc1[C@H](NC(=O)c1ccc(Cl)cc1Cl)C(C)C. The lowest BCUT2D eigenvalue weighted by Crippen LogP contribution is -2.34. The van der Waals surface area contributed by atoms with Crippen LogP contribution in [0, 0.1) is 5.92 Å². The van der Waals surface area contributed by atoms with Crippen LogP contribution in [0.1, 0.15) is 48.6 Å². The average molecular weight is 547 g/mol. The summed E-state index contributed by atoms with van der Waals surface area (Å²) in [6.07, 6.45) is 2.66. The van der Waals surface area contributed by atoms with Crippen LogP contribution >= 0.6 is 35.0 Å². The van der Waals surface area contributed by atoms with Gasteiger partial charge in [0.2, 0.25) is 5.91 Å². The van der Waals surface area contributed by atoms with Crippen molar-refractivity contribution in [2.24, 2.45) is 5.92 Å². The van der Waals surface area contributed by atoms with Gasteiger partial charge in [-0.05, 0) is 48.2 Å². The Morgan fingerprint density at radius 2 is 1.86 bits per heavy atom. The van der Waals surface area contributed by atoms with Gasteiger partial charge in [-0.2, -0.15) is 0 Å². The molecule has 190 valence electrons. The van der Waals surface area contributed by atoms with E-state index in [0.717, 1.165) is 12.1 Å². The van der Waals surface area contributed by atoms with Gasteiger partial charge >= 0.3 is 0 Å². The summed E-state index contributed by atoms with van der Waals surface area (Å²) in [6.45, 7) is 10.3. The topological polar surface area (TPSA) is 88.9 Å². The minimum Gasteiger partial charge on any atom is -0.342 e. The second-order valence-electron chi connectivity index (χ2n) is 8.45. The summed E-state index contributed by atoms with van der Waals surface area (Å²) in [7, 11) is 0. The quantitative estimate of drug-likeness (QED) is 0.221. The van der Waals surface area contributed by atoms with Gasteiger partial charge in [-0.15, -0.1) is 16.8 Å². The summed E-state index contributed by atoms with van der Waals surface area (Å²) in [6, 6.07) is 12.1. The molecule has 0 spiro atoms. The Hall–Kier alpha value is -2.81. The number of carbonyl (C=O) groups is 2. The maximum absolute atomic E-state index is 13.0. The second-order valence-corrected chi connectivity index (χ2v) is 10.2. The molecule has 1 heterocycles. The molecule has 2 aromatic carbocycles. The fourth-order valence-electron chi connectivity index (χ4n) is 3.51. The Balaban J connectivity index is 1.74. The highest BCUT2D eigenvalue weighted by molar-refractivity contribution is 7.99. The van der Waals surface area contributed by atoms with Crippen LogP contribution < -0.4 is 10.6 Å². The highest BCUT2D eigenvalue weighted by Gasteiger charge is 2.27. The van der Waals surface area contributed by atoms with Crippen LogP contribution in [-0.2, 0) is 17.8 Å². The van der Waals surface area contributed by atoms with E-state index < -0.39 is 6.04 Å². The van der Waals surface area contributed by atoms with Gasteiger partial charge < -0.3 is 15.2 Å². The number of halogens is 2. The largest absolute Gasteiger partial charge is 0.342 e. The van der Waals surface area contributed by atoms with Crippen LogP contribution in [-0.4, -0.2) is 32.3 Å². The molecule has 1 atom stereocenters. The predicted molar refractivity (Wildman–Crippen MR) is 147 cm³/mol. The van der Waals surface area contributed by atoms with Gasteiger partial charge in [0.05, 0.1) is 22.4 Å². The van der Waals surface area contributed by atoms with Gasteiger partial charge in [0, 0.05) is 17.3 Å². The smallest absolute Gasteiger partial charge is 0.253 e. The number of carbonyl (C=O) groups excluding carboxylic acids is 2. The molecule has 0 aliphatic rings. The number of rotatable bonds is 11. The molecule has 0 saturated carbocycles. The van der Waals surface area contributed by atoms with Crippen molar-refractivity contribution in [3.05, 3.63) is 82.1 Å². The molecule has 7 nitrogen and oxygen atoms in total. The lowest BCUT2D eigenvalue weighted by atomic mass is 10.0. The van der Waals surface area contributed by atoms with Gasteiger partial charge in [0.15, 0.2) is 11.0 Å². The fourth-order valence-corrected chi connectivity index (χ4v) is 4.76. The van der Waals surface area contributed by atoms with Gasteiger partial charge in [0.25, 0.3) is 5.91 Å². The summed E-state index contributed by atoms with van der Waals surface area (Å²) in [5.74, 6) is 0.238. The molecule has 0 fully saturated rings. The molecule has 0 aliphatic heterocycles. The first-order chi connectivity index (χ1) is 17.2. The molecule has 2 amide bonds. The third kappa shape index (κ3) is 7.12. The number of aromatic nitrogens is 3. The van der Waals surface area contributed by atoms with E-state index >= 15 is 0 Å². The maximum atomic E-state index is 13.0. The predicted octanol–water partition coefficient (Wildman–Crippen LogP) is 6.19. The molecule has 1 aromatic heterocycles. The number of hydrogen-bond donors (Lipinski definition) is 2. The zero-order valence-corrected chi connectivity index (χ0v) is 22.8. The van der Waals surface area contributed by atoms with Gasteiger partial charge in [0.1, 0.15) is 0 Å². The number of benzene rings is 2. The highest BCUT2D eigenvalue weighted by atomic mass is 35.5. The number of anilines is 1. The van der Waals surface area contributed by atoms with Crippen molar-refractivity contribution in [3.8, 4) is 0 Å². The van der Waals surface area contributed by atoms with Crippen molar-refractivity contribution in [2.45, 2.75) is 44.9 Å². The number of nitrogens with one attached hydrogen (secondary N) is 2. The maximum Gasteiger partial charge on any atom is 0.253 e. The van der Waals surface area contributed by atoms with E-state index in [0.29, 0.717) is 28.1 Å². The zero-order valence-electron chi connectivity index (χ0n) is 20.4. The number of nitrogens with zero attached hydrogens (tertiary/aromatic N) is 3. The molecule has 0 bridgehead atoms. The van der Waals surface area contributed by atoms with E-state index in [1.807, 2.05) is 42.7 Å². The van der Waals surface area contributed by atoms with Gasteiger partial charge in [-0.25, -0.2) is 0 Å². The molecule has 10 heteroatoms. The molecule has 0 aliphatic carbocycles. The lowest BCUT2D eigenvalue weighted by molar-refractivity contribution is -0.113. The van der Waals surface area contributed by atoms with Gasteiger partial charge in [-0.1, -0.05) is 73.9 Å². The molecular weight excluding hydrogens is 517 g/mol. The van der Waals surface area contributed by atoms with Crippen molar-refractivity contribution >= 4 is 52.5 Å².